The second-order valence-corrected chi connectivity index (χ2v) is 10.9. The Balaban J connectivity index is 1.71. The highest BCUT2D eigenvalue weighted by atomic mass is 35.5. The van der Waals surface area contributed by atoms with E-state index in [1.54, 1.807) is 24.3 Å². The summed E-state index contributed by atoms with van der Waals surface area (Å²) in [4.78, 5) is 14.8. The maximum Gasteiger partial charge on any atom is 0.252 e. The summed E-state index contributed by atoms with van der Waals surface area (Å²) in [6.45, 7) is 3.62. The van der Waals surface area contributed by atoms with Crippen molar-refractivity contribution in [2.45, 2.75) is 50.5 Å². The molecule has 6 nitrogen and oxygen atoms in total. The number of hydrogen-bond acceptors (Lipinski definition) is 4. The molecule has 0 atom stereocenters. The minimum absolute atomic E-state index is 0.109. The monoisotopic (exact) mass is 477 g/mol. The van der Waals surface area contributed by atoms with E-state index in [2.05, 4.69) is 10.2 Å². The van der Waals surface area contributed by atoms with Crippen LogP contribution in [0.3, 0.4) is 0 Å². The largest absolute Gasteiger partial charge is 0.350 e. The number of benzene rings is 1. The van der Waals surface area contributed by atoms with E-state index in [1.807, 2.05) is 6.92 Å². The van der Waals surface area contributed by atoms with Gasteiger partial charge in [-0.2, -0.15) is 4.31 Å². The summed E-state index contributed by atoms with van der Waals surface area (Å²) < 4.78 is 54.1. The van der Waals surface area contributed by atoms with Gasteiger partial charge >= 0.3 is 0 Å². The van der Waals surface area contributed by atoms with Crippen molar-refractivity contribution in [2.24, 2.45) is 0 Å². The molecule has 0 aromatic heterocycles. The Morgan fingerprint density at radius 2 is 1.71 bits per heavy atom. The van der Waals surface area contributed by atoms with Crippen LogP contribution in [0.15, 0.2) is 24.3 Å². The molecule has 0 radical (unpaired) electrons. The molecule has 174 valence electrons. The lowest BCUT2D eigenvalue weighted by atomic mass is 9.78. The lowest BCUT2D eigenvalue weighted by Crippen LogP contribution is -2.63. The molecule has 0 unspecified atom stereocenters. The fraction of sp³-hybridized carbons (Fsp3) is 0.667. The Morgan fingerprint density at radius 3 is 2.29 bits per heavy atom. The minimum atomic E-state index is -3.29. The third-order valence-corrected chi connectivity index (χ3v) is 8.78. The van der Waals surface area contributed by atoms with Crippen LogP contribution in [-0.2, 0) is 10.0 Å². The molecule has 1 aromatic carbocycles. The second-order valence-electron chi connectivity index (χ2n) is 8.44. The van der Waals surface area contributed by atoms with Gasteiger partial charge in [-0.1, -0.05) is 30.7 Å². The van der Waals surface area contributed by atoms with Crippen LogP contribution in [0.2, 0.25) is 5.02 Å². The molecule has 3 rings (SSSR count). The molecule has 1 saturated heterocycles. The molecule has 1 N–H and O–H groups in total. The maximum atomic E-state index is 13.9. The van der Waals surface area contributed by atoms with Gasteiger partial charge in [0, 0.05) is 51.1 Å². The van der Waals surface area contributed by atoms with E-state index in [4.69, 9.17) is 11.6 Å². The molecular formula is C21H30ClF2N3O3S. The van der Waals surface area contributed by atoms with E-state index in [1.165, 1.54) is 4.31 Å². The van der Waals surface area contributed by atoms with Gasteiger partial charge in [-0.3, -0.25) is 9.69 Å². The third kappa shape index (κ3) is 5.74. The average molecular weight is 478 g/mol. The molecule has 2 aliphatic rings. The molecule has 1 aliphatic carbocycles. The fourth-order valence-corrected chi connectivity index (χ4v) is 6.21. The van der Waals surface area contributed by atoms with Gasteiger partial charge < -0.3 is 5.32 Å². The van der Waals surface area contributed by atoms with Crippen LogP contribution in [0, 0.1) is 0 Å². The van der Waals surface area contributed by atoms with E-state index >= 15 is 0 Å². The van der Waals surface area contributed by atoms with E-state index in [0.717, 1.165) is 0 Å². The van der Waals surface area contributed by atoms with Crippen LogP contribution in [-0.4, -0.2) is 73.5 Å². The summed E-state index contributed by atoms with van der Waals surface area (Å²) in [6.07, 6.45) is 0.539. The Morgan fingerprint density at radius 1 is 1.10 bits per heavy atom. The highest BCUT2D eigenvalue weighted by molar-refractivity contribution is 7.89. The summed E-state index contributed by atoms with van der Waals surface area (Å²) in [7, 11) is -3.29. The molecule has 1 aromatic rings. The Labute approximate surface area is 188 Å². The zero-order chi connectivity index (χ0) is 22.7. The summed E-state index contributed by atoms with van der Waals surface area (Å²) in [6, 6.07) is 6.70. The first-order valence-electron chi connectivity index (χ1n) is 10.7. The zero-order valence-corrected chi connectivity index (χ0v) is 19.3. The van der Waals surface area contributed by atoms with Crippen molar-refractivity contribution in [2.75, 3.05) is 38.5 Å². The number of piperazine rings is 1. The minimum Gasteiger partial charge on any atom is -0.350 e. The van der Waals surface area contributed by atoms with Crippen LogP contribution in [0.4, 0.5) is 8.78 Å². The van der Waals surface area contributed by atoms with E-state index in [9.17, 15) is 22.0 Å². The van der Waals surface area contributed by atoms with Crippen molar-refractivity contribution in [3.05, 3.63) is 34.9 Å². The van der Waals surface area contributed by atoms with Crippen LogP contribution >= 0.6 is 11.6 Å². The third-order valence-electron chi connectivity index (χ3n) is 6.37. The molecule has 10 heteroatoms. The van der Waals surface area contributed by atoms with Gasteiger partial charge in [-0.05, 0) is 31.4 Å². The quantitative estimate of drug-likeness (QED) is 0.653. The summed E-state index contributed by atoms with van der Waals surface area (Å²) in [5.41, 5.74) is -0.282. The maximum absolute atomic E-state index is 13.9. The Kier molecular flexibility index (Phi) is 7.61. The highest BCUT2D eigenvalue weighted by Crippen LogP contribution is 2.42. The smallest absolute Gasteiger partial charge is 0.252 e. The normalized spacial score (nSPS) is 22.2. The second kappa shape index (κ2) is 9.68. The number of carbonyl (C=O) groups excluding carboxylic acids is 1. The lowest BCUT2D eigenvalue weighted by molar-refractivity contribution is -0.0856. The molecule has 1 aliphatic heterocycles. The number of sulfonamides is 1. The van der Waals surface area contributed by atoms with Crippen molar-refractivity contribution in [1.29, 1.82) is 0 Å². The first-order valence-corrected chi connectivity index (χ1v) is 12.7. The lowest BCUT2D eigenvalue weighted by Gasteiger charge is -2.50. The molecule has 1 amide bonds. The van der Waals surface area contributed by atoms with Gasteiger partial charge in [0.2, 0.25) is 15.9 Å². The molecular weight excluding hydrogens is 448 g/mol. The number of hydrogen-bond donors (Lipinski definition) is 1. The molecule has 0 bridgehead atoms. The summed E-state index contributed by atoms with van der Waals surface area (Å²) >= 11 is 6.11. The molecule has 1 heterocycles. The SMILES string of the molecule is CCCS(=O)(=O)N1CCN(C2(CNC(=O)c3ccccc3Cl)CCC(F)(F)CC2)CC1. The Hall–Kier alpha value is -1.29. The molecule has 1 saturated carbocycles. The van der Waals surface area contributed by atoms with Crippen molar-refractivity contribution in [3.8, 4) is 0 Å². The summed E-state index contributed by atoms with van der Waals surface area (Å²) in [5.74, 6) is -2.94. The number of nitrogens with zero attached hydrogens (tertiary/aromatic N) is 2. The number of carbonyl (C=O) groups is 1. The topological polar surface area (TPSA) is 69.7 Å². The van der Waals surface area contributed by atoms with Crippen molar-refractivity contribution in [3.63, 3.8) is 0 Å². The van der Waals surface area contributed by atoms with Gasteiger partial charge in [0.05, 0.1) is 16.3 Å². The van der Waals surface area contributed by atoms with Gasteiger partial charge in [0.1, 0.15) is 0 Å². The average Bonchev–Trinajstić information content (AvgIpc) is 2.73. The first kappa shape index (κ1) is 24.4. The van der Waals surface area contributed by atoms with Gasteiger partial charge in [0.15, 0.2) is 0 Å². The standard InChI is InChI=1S/C21H30ClF2N3O3S/c1-2-15-31(29,30)27-13-11-26(12-14-27)20(7-9-21(23,24)10-8-20)16-25-19(28)17-5-3-4-6-18(17)22/h3-6H,2,7-16H2,1H3,(H,25,28). The number of nitrogens with one attached hydrogen (secondary N) is 1. The van der Waals surface area contributed by atoms with Crippen LogP contribution in [0.1, 0.15) is 49.4 Å². The molecule has 2 fully saturated rings. The molecule has 0 spiro atoms. The van der Waals surface area contributed by atoms with Gasteiger partial charge in [-0.15, -0.1) is 0 Å². The number of halogens is 3. The van der Waals surface area contributed by atoms with E-state index < -0.39 is 21.5 Å². The Bertz CT molecular complexity index is 880. The van der Waals surface area contributed by atoms with Crippen LogP contribution < -0.4 is 5.32 Å². The zero-order valence-electron chi connectivity index (χ0n) is 17.7. The van der Waals surface area contributed by atoms with E-state index in [0.29, 0.717) is 43.2 Å². The number of alkyl halides is 2. The van der Waals surface area contributed by atoms with Crippen LogP contribution in [0.25, 0.3) is 0 Å². The van der Waals surface area contributed by atoms with Crippen molar-refractivity contribution < 1.29 is 22.0 Å². The van der Waals surface area contributed by atoms with Gasteiger partial charge in [0.25, 0.3) is 5.91 Å². The highest BCUT2D eigenvalue weighted by Gasteiger charge is 2.47. The predicted molar refractivity (Wildman–Crippen MR) is 117 cm³/mol. The fourth-order valence-electron chi connectivity index (χ4n) is 4.50. The molecule has 31 heavy (non-hydrogen) atoms. The van der Waals surface area contributed by atoms with Crippen molar-refractivity contribution >= 4 is 27.5 Å². The number of amides is 1. The van der Waals surface area contributed by atoms with Gasteiger partial charge in [-0.25, -0.2) is 17.2 Å². The predicted octanol–water partition coefficient (Wildman–Crippen LogP) is 3.38. The van der Waals surface area contributed by atoms with E-state index in [-0.39, 0.29) is 43.9 Å². The number of rotatable bonds is 7. The van der Waals surface area contributed by atoms with Crippen molar-refractivity contribution in [1.82, 2.24) is 14.5 Å². The summed E-state index contributed by atoms with van der Waals surface area (Å²) in [5, 5.41) is 3.23. The van der Waals surface area contributed by atoms with Crippen LogP contribution in [0.5, 0.6) is 0 Å². The first-order chi connectivity index (χ1) is 14.6.